The first-order valence-electron chi connectivity index (χ1n) is 14.9. The van der Waals surface area contributed by atoms with Crippen LogP contribution in [0.15, 0.2) is 83.8 Å². The van der Waals surface area contributed by atoms with E-state index in [1.807, 2.05) is 56.6 Å². The molecule has 226 valence electrons. The number of unbranched alkanes of at least 4 members (excludes halogenated alkanes) is 2. The molecule has 2 nitrogen and oxygen atoms in total. The number of allylic oxidation sites excluding steroid dienone is 1. The van der Waals surface area contributed by atoms with Crippen molar-refractivity contribution in [1.29, 1.82) is 0 Å². The Morgan fingerprint density at radius 3 is 1.68 bits per heavy atom. The van der Waals surface area contributed by atoms with Gasteiger partial charge in [-0.25, -0.2) is 4.31 Å². The molecule has 0 spiro atoms. The van der Waals surface area contributed by atoms with Gasteiger partial charge in [0, 0.05) is 35.0 Å². The summed E-state index contributed by atoms with van der Waals surface area (Å²) in [6, 6.07) is 26.6. The topological polar surface area (TPSA) is 6.48 Å². The molecule has 0 amide bonds. The van der Waals surface area contributed by atoms with E-state index in [2.05, 4.69) is 89.4 Å². The summed E-state index contributed by atoms with van der Waals surface area (Å²) in [4.78, 5) is 3.96. The van der Waals surface area contributed by atoms with Crippen LogP contribution in [0.25, 0.3) is 17.1 Å². The lowest BCUT2D eigenvalue weighted by molar-refractivity contribution is 0.650. The minimum atomic E-state index is -2.66. The smallest absolute Gasteiger partial charge is 0.0609 e. The highest BCUT2D eigenvalue weighted by molar-refractivity contribution is 8.45. The Balaban J connectivity index is 0.000000831. The van der Waals surface area contributed by atoms with Crippen LogP contribution in [0.4, 0.5) is 14.3 Å². The fourth-order valence-electron chi connectivity index (χ4n) is 4.57. The molecule has 0 N–H and O–H groups in total. The zero-order chi connectivity index (χ0) is 29.7. The number of halogens is 2. The average Bonchev–Trinajstić information content (AvgIpc) is 3.59. The van der Waals surface area contributed by atoms with Crippen molar-refractivity contribution in [3.05, 3.63) is 105 Å². The molecule has 3 aromatic carbocycles. The molecule has 0 aliphatic carbocycles. The van der Waals surface area contributed by atoms with E-state index in [9.17, 15) is 0 Å². The van der Waals surface area contributed by atoms with Crippen molar-refractivity contribution in [1.82, 2.24) is 4.31 Å². The molecular weight excluding hydrogens is 530 g/mol. The first kappa shape index (κ1) is 36.1. The van der Waals surface area contributed by atoms with E-state index >= 15 is 3.89 Å². The van der Waals surface area contributed by atoms with Crippen LogP contribution in [-0.4, -0.2) is 31.5 Å². The van der Waals surface area contributed by atoms with E-state index in [0.717, 1.165) is 50.0 Å². The number of rotatable bonds is 9. The second-order valence-electron chi connectivity index (χ2n) is 10.2. The largest absolute Gasteiger partial charge is 0.372 e. The Morgan fingerprint density at radius 2 is 1.27 bits per heavy atom. The molecule has 0 fully saturated rings. The summed E-state index contributed by atoms with van der Waals surface area (Å²) in [5.74, 6) is 0. The van der Waals surface area contributed by atoms with Gasteiger partial charge in [0.05, 0.1) is 9.81 Å². The van der Waals surface area contributed by atoms with Gasteiger partial charge in [0.2, 0.25) is 0 Å². The van der Waals surface area contributed by atoms with E-state index in [4.69, 9.17) is 0 Å². The van der Waals surface area contributed by atoms with E-state index in [1.54, 1.807) is 4.31 Å². The molecule has 1 unspecified atom stereocenters. The van der Waals surface area contributed by atoms with Gasteiger partial charge in [0.25, 0.3) is 0 Å². The normalized spacial score (nSPS) is 16.7. The van der Waals surface area contributed by atoms with Gasteiger partial charge in [-0.1, -0.05) is 127 Å². The highest BCUT2D eigenvalue weighted by Crippen LogP contribution is 2.85. The van der Waals surface area contributed by atoms with Crippen LogP contribution in [0.5, 0.6) is 0 Å². The van der Waals surface area contributed by atoms with Gasteiger partial charge in [-0.2, -0.15) is 3.89 Å². The number of hydrogen-bond donors (Lipinski definition) is 0. The van der Waals surface area contributed by atoms with Crippen molar-refractivity contribution in [3.63, 3.8) is 0 Å². The second-order valence-corrected chi connectivity index (χ2v) is 12.8. The molecule has 0 bridgehead atoms. The van der Waals surface area contributed by atoms with Gasteiger partial charge in [0.15, 0.2) is 0 Å². The fourth-order valence-corrected chi connectivity index (χ4v) is 7.07. The van der Waals surface area contributed by atoms with Gasteiger partial charge in [-0.3, -0.25) is 4.70 Å². The van der Waals surface area contributed by atoms with E-state index in [-0.39, 0.29) is 4.70 Å². The number of benzene rings is 3. The van der Waals surface area contributed by atoms with E-state index in [0.29, 0.717) is 0 Å². The van der Waals surface area contributed by atoms with Crippen LogP contribution < -0.4 is 15.3 Å². The Kier molecular flexibility index (Phi) is 15.7. The van der Waals surface area contributed by atoms with Crippen molar-refractivity contribution in [2.24, 2.45) is 0 Å². The monoisotopic (exact) mass is 582 g/mol. The maximum atomic E-state index is 16.5. The third kappa shape index (κ3) is 9.05. The lowest BCUT2D eigenvalue weighted by Crippen LogP contribution is -2.21. The predicted molar refractivity (Wildman–Crippen MR) is 183 cm³/mol. The third-order valence-electron chi connectivity index (χ3n) is 6.71. The molecule has 3 aromatic rings. The van der Waals surface area contributed by atoms with Gasteiger partial charge in [-0.05, 0) is 61.6 Å². The maximum absolute atomic E-state index is 16.5. The number of anilines is 1. The summed E-state index contributed by atoms with van der Waals surface area (Å²) in [6.07, 6.45) is 5.33. The van der Waals surface area contributed by atoms with Crippen LogP contribution >= 0.6 is 10.6 Å². The summed E-state index contributed by atoms with van der Waals surface area (Å²) in [6.45, 7) is 18.9. The van der Waals surface area contributed by atoms with Crippen molar-refractivity contribution < 1.29 is 8.59 Å². The van der Waals surface area contributed by atoms with Crippen molar-refractivity contribution >= 4 is 33.3 Å². The van der Waals surface area contributed by atoms with E-state index in [1.165, 1.54) is 31.4 Å². The minimum Gasteiger partial charge on any atom is -0.372 e. The molecule has 0 aromatic heterocycles. The molecular formula is C36H52F2N2S. The summed E-state index contributed by atoms with van der Waals surface area (Å²) in [5, 5.41) is 1.97. The quantitative estimate of drug-likeness (QED) is 0.248. The summed E-state index contributed by atoms with van der Waals surface area (Å²) in [5.41, 5.74) is 4.15. The van der Waals surface area contributed by atoms with Gasteiger partial charge in [0.1, 0.15) is 0 Å². The maximum Gasteiger partial charge on any atom is 0.0609 e. The molecule has 5 heteroatoms. The zero-order valence-corrected chi connectivity index (χ0v) is 27.4. The van der Waals surface area contributed by atoms with Gasteiger partial charge >= 0.3 is 0 Å². The Bertz CT molecular complexity index is 1290. The van der Waals surface area contributed by atoms with Crippen LogP contribution in [0.3, 0.4) is 0 Å². The van der Waals surface area contributed by atoms with E-state index < -0.39 is 10.6 Å². The van der Waals surface area contributed by atoms with Crippen molar-refractivity contribution in [3.8, 4) is 0 Å². The predicted octanol–water partition coefficient (Wildman–Crippen LogP) is 9.46. The molecule has 1 aliphatic heterocycles. The summed E-state index contributed by atoms with van der Waals surface area (Å²) in [7, 11) is 1.01. The minimum absolute atomic E-state index is 0. The Hall–Kier alpha value is -2.89. The lowest BCUT2D eigenvalue weighted by atomic mass is 10.0. The SMILES string of the molecule is C=c1ccc(=C(C2=C(c3ccccc3)S2(F)N(C)C)c2ccc(N(CC)CC)cc2)cc1.CCC.CCCCC.F. The molecule has 0 saturated carbocycles. The number of hydrogen-bond acceptors (Lipinski definition) is 2. The Labute approximate surface area is 250 Å². The summed E-state index contributed by atoms with van der Waals surface area (Å²) >= 11 is 0. The van der Waals surface area contributed by atoms with Crippen LogP contribution in [0.1, 0.15) is 78.4 Å². The molecule has 1 heterocycles. The van der Waals surface area contributed by atoms with Crippen LogP contribution in [0, 0.1) is 0 Å². The first-order chi connectivity index (χ1) is 19.2. The number of nitrogens with zero attached hydrogens (tertiary/aromatic N) is 2. The molecule has 4 rings (SSSR count). The van der Waals surface area contributed by atoms with Gasteiger partial charge < -0.3 is 4.90 Å². The van der Waals surface area contributed by atoms with Crippen molar-refractivity contribution in [2.45, 2.75) is 67.2 Å². The molecule has 41 heavy (non-hydrogen) atoms. The van der Waals surface area contributed by atoms with Gasteiger partial charge in [-0.15, -0.1) is 0 Å². The highest BCUT2D eigenvalue weighted by atomic mass is 32.3. The first-order valence-corrected chi connectivity index (χ1v) is 16.4. The standard InChI is InChI=1S/C28H31FN2S.C5H12.C3H8.FH/c1-6-31(7-2)25-19-17-23(18-20-25)26(22-15-13-21(3)14-16-22)28-27(32(28,29)30(4)5)24-11-9-8-10-12-24;1-3-5-4-2;1-3-2;/h8-20H,3,6-7H2,1-2,4-5H3;3-5H2,1-2H3;3H2,1-2H3;1H. The molecule has 1 atom stereocenters. The highest BCUT2D eigenvalue weighted by Gasteiger charge is 2.54. The average molecular weight is 583 g/mol. The summed E-state index contributed by atoms with van der Waals surface area (Å²) < 4.78 is 18.3. The fraction of sp³-hybridized carbons (Fsp3) is 0.389. The van der Waals surface area contributed by atoms with Crippen LogP contribution in [-0.2, 0) is 0 Å². The van der Waals surface area contributed by atoms with Crippen LogP contribution in [0.2, 0.25) is 0 Å². The van der Waals surface area contributed by atoms with Crippen molar-refractivity contribution in [2.75, 3.05) is 32.1 Å². The molecule has 1 aliphatic rings. The molecule has 0 saturated heterocycles. The lowest BCUT2D eigenvalue weighted by Gasteiger charge is -2.25. The molecule has 0 radical (unpaired) electrons. The Morgan fingerprint density at radius 1 is 0.756 bits per heavy atom. The second kappa shape index (κ2) is 17.8. The third-order valence-corrected chi connectivity index (χ3v) is 9.44. The zero-order valence-electron chi connectivity index (χ0n) is 26.5.